The van der Waals surface area contributed by atoms with Crippen molar-refractivity contribution >= 4 is 10.0 Å². The third-order valence-corrected chi connectivity index (χ3v) is 9.26. The Hall–Kier alpha value is -1.25. The summed E-state index contributed by atoms with van der Waals surface area (Å²) in [4.78, 5) is 2.45. The van der Waals surface area contributed by atoms with E-state index in [1.807, 2.05) is 6.07 Å². The average Bonchev–Trinajstić information content (AvgIpc) is 2.74. The second-order valence-corrected chi connectivity index (χ2v) is 11.4. The summed E-state index contributed by atoms with van der Waals surface area (Å²) in [5.41, 5.74) is 1.79. The fourth-order valence-corrected chi connectivity index (χ4v) is 6.64. The van der Waals surface area contributed by atoms with Crippen LogP contribution in [0.15, 0.2) is 46.9 Å². The zero-order chi connectivity index (χ0) is 21.4. The molecule has 0 unspecified atom stereocenters. The smallest absolute Gasteiger partial charge is 0.243 e. The van der Waals surface area contributed by atoms with Crippen LogP contribution in [0, 0.1) is 17.3 Å². The minimum Gasteiger partial charge on any atom is -0.389 e. The molecule has 3 atom stereocenters. The van der Waals surface area contributed by atoms with Crippen LogP contribution in [0.3, 0.4) is 0 Å². The molecule has 1 aromatic rings. The highest BCUT2D eigenvalue weighted by Gasteiger charge is 2.50. The normalized spacial score (nSPS) is 27.9. The van der Waals surface area contributed by atoms with Gasteiger partial charge in [0.05, 0.1) is 24.2 Å². The first-order valence-corrected chi connectivity index (χ1v) is 12.4. The van der Waals surface area contributed by atoms with E-state index in [9.17, 15) is 13.5 Å². The fourth-order valence-electron chi connectivity index (χ4n) is 5.20. The van der Waals surface area contributed by atoms with Crippen LogP contribution in [0.25, 0.3) is 0 Å². The number of allylic oxidation sites excluding steroid dienone is 1. The molecule has 1 N–H and O–H groups in total. The largest absolute Gasteiger partial charge is 0.389 e. The maximum Gasteiger partial charge on any atom is 0.243 e. The van der Waals surface area contributed by atoms with Crippen LogP contribution in [-0.4, -0.2) is 74.8 Å². The number of β-amino-alcohol motifs (C(OH)–C–C–N with tert-alkyl or cyclic N) is 1. The fraction of sp³-hybridized carbons (Fsp3) is 0.652. The Bertz CT molecular complexity index is 860. The number of benzene rings is 1. The Morgan fingerprint density at radius 3 is 2.50 bits per heavy atom. The van der Waals surface area contributed by atoms with Gasteiger partial charge in [-0.15, -0.1) is 0 Å². The van der Waals surface area contributed by atoms with Crippen molar-refractivity contribution in [2.75, 3.05) is 45.9 Å². The Balaban J connectivity index is 1.19. The van der Waals surface area contributed by atoms with Gasteiger partial charge in [-0.25, -0.2) is 8.42 Å². The summed E-state index contributed by atoms with van der Waals surface area (Å²) in [5.74, 6) is 1.45. The molecule has 166 valence electrons. The van der Waals surface area contributed by atoms with Gasteiger partial charge < -0.3 is 9.84 Å². The van der Waals surface area contributed by atoms with E-state index in [2.05, 4.69) is 24.8 Å². The molecule has 1 saturated carbocycles. The van der Waals surface area contributed by atoms with E-state index in [1.165, 1.54) is 16.3 Å². The number of aliphatic hydroxyl groups is 1. The maximum atomic E-state index is 12.7. The van der Waals surface area contributed by atoms with E-state index in [1.54, 1.807) is 24.3 Å². The molecular formula is C23H34N2O4S. The van der Waals surface area contributed by atoms with Gasteiger partial charge in [0.25, 0.3) is 0 Å². The summed E-state index contributed by atoms with van der Waals surface area (Å²) < 4.78 is 32.8. The lowest BCUT2D eigenvalue weighted by atomic mass is 9.49. The molecule has 2 fully saturated rings. The van der Waals surface area contributed by atoms with Crippen LogP contribution in [0.1, 0.15) is 26.7 Å². The first-order valence-electron chi connectivity index (χ1n) is 11.0. The molecule has 1 aromatic carbocycles. The lowest BCUT2D eigenvalue weighted by Gasteiger charge is -2.56. The quantitative estimate of drug-likeness (QED) is 0.636. The number of ether oxygens (including phenoxy) is 1. The number of piperazine rings is 1. The highest BCUT2D eigenvalue weighted by Crippen LogP contribution is 2.59. The van der Waals surface area contributed by atoms with Crippen molar-refractivity contribution in [2.24, 2.45) is 17.3 Å². The minimum absolute atomic E-state index is 0.316. The van der Waals surface area contributed by atoms with Gasteiger partial charge in [0.15, 0.2) is 0 Å². The summed E-state index contributed by atoms with van der Waals surface area (Å²) in [7, 11) is -3.44. The predicted molar refractivity (Wildman–Crippen MR) is 117 cm³/mol. The second-order valence-electron chi connectivity index (χ2n) is 9.51. The Kier molecular flexibility index (Phi) is 6.38. The Labute approximate surface area is 180 Å². The van der Waals surface area contributed by atoms with E-state index >= 15 is 0 Å². The molecular weight excluding hydrogens is 400 g/mol. The molecule has 6 nitrogen and oxygen atoms in total. The van der Waals surface area contributed by atoms with Gasteiger partial charge in [0.1, 0.15) is 0 Å². The minimum atomic E-state index is -3.44. The lowest BCUT2D eigenvalue weighted by molar-refractivity contribution is -0.0268. The molecule has 1 heterocycles. The highest BCUT2D eigenvalue weighted by molar-refractivity contribution is 7.89. The number of hydrogen-bond donors (Lipinski definition) is 1. The molecule has 3 aliphatic carbocycles. The van der Waals surface area contributed by atoms with Gasteiger partial charge in [-0.2, -0.15) is 4.31 Å². The monoisotopic (exact) mass is 434 g/mol. The van der Waals surface area contributed by atoms with Crippen LogP contribution in [0.4, 0.5) is 0 Å². The molecule has 7 heteroatoms. The first kappa shape index (κ1) is 22.0. The van der Waals surface area contributed by atoms with Crippen LogP contribution in [0.2, 0.25) is 0 Å². The third-order valence-electron chi connectivity index (χ3n) is 7.34. The molecule has 1 aliphatic heterocycles. The van der Waals surface area contributed by atoms with Gasteiger partial charge >= 0.3 is 0 Å². The van der Waals surface area contributed by atoms with Crippen molar-refractivity contribution in [2.45, 2.75) is 37.7 Å². The van der Waals surface area contributed by atoms with Crippen LogP contribution < -0.4 is 0 Å². The van der Waals surface area contributed by atoms with E-state index in [0.717, 1.165) is 12.3 Å². The molecule has 4 aliphatic rings. The topological polar surface area (TPSA) is 70.1 Å². The number of fused-ring (bicyclic) bond motifs is 1. The number of hydrogen-bond acceptors (Lipinski definition) is 5. The predicted octanol–water partition coefficient (Wildman–Crippen LogP) is 2.36. The summed E-state index contributed by atoms with van der Waals surface area (Å²) in [6.45, 7) is 8.26. The van der Waals surface area contributed by atoms with Crippen LogP contribution >= 0.6 is 0 Å². The molecule has 0 radical (unpaired) electrons. The third kappa shape index (κ3) is 4.36. The summed E-state index contributed by atoms with van der Waals surface area (Å²) in [6, 6.07) is 8.57. The van der Waals surface area contributed by atoms with E-state index < -0.39 is 16.1 Å². The van der Waals surface area contributed by atoms with E-state index in [-0.39, 0.29) is 0 Å². The standard InChI is InChI=1S/C23H34N2O4S/c1-23(2)19-9-8-18(22(23)14-19)16-29-17-20(26)15-24-10-12-25(13-11-24)30(27,28)21-6-4-3-5-7-21/h3-8,19-20,22,26H,9-17H2,1-2H3/t19-,20-,22+/m0/s1. The van der Waals surface area contributed by atoms with E-state index in [0.29, 0.717) is 62.2 Å². The van der Waals surface area contributed by atoms with Gasteiger partial charge in [-0.3, -0.25) is 4.90 Å². The van der Waals surface area contributed by atoms with Gasteiger partial charge in [0, 0.05) is 32.7 Å². The van der Waals surface area contributed by atoms with Crippen molar-refractivity contribution in [1.29, 1.82) is 0 Å². The van der Waals surface area contributed by atoms with Gasteiger partial charge in [0.2, 0.25) is 10.0 Å². The zero-order valence-electron chi connectivity index (χ0n) is 18.0. The Morgan fingerprint density at radius 1 is 1.17 bits per heavy atom. The average molecular weight is 435 g/mol. The lowest BCUT2D eigenvalue weighted by Crippen LogP contribution is -2.50. The van der Waals surface area contributed by atoms with Crippen molar-refractivity contribution in [3.63, 3.8) is 0 Å². The molecule has 0 aromatic heterocycles. The van der Waals surface area contributed by atoms with Crippen molar-refractivity contribution in [3.05, 3.63) is 42.0 Å². The second kappa shape index (κ2) is 8.71. The van der Waals surface area contributed by atoms with Crippen molar-refractivity contribution in [3.8, 4) is 0 Å². The summed E-state index contributed by atoms with van der Waals surface area (Å²) in [5, 5.41) is 10.4. The van der Waals surface area contributed by atoms with Crippen LogP contribution in [0.5, 0.6) is 0 Å². The first-order chi connectivity index (χ1) is 14.3. The SMILES string of the molecule is CC1(C)[C@H]2CC=C(COC[C@@H](O)CN3CCN(S(=O)(=O)c4ccccc4)CC3)[C@H]1C2. The maximum absolute atomic E-state index is 12.7. The van der Waals surface area contributed by atoms with Gasteiger partial charge in [-0.1, -0.05) is 38.1 Å². The summed E-state index contributed by atoms with van der Waals surface area (Å²) >= 11 is 0. The zero-order valence-corrected chi connectivity index (χ0v) is 18.9. The molecule has 0 spiro atoms. The molecule has 30 heavy (non-hydrogen) atoms. The molecule has 0 amide bonds. The number of sulfonamides is 1. The highest BCUT2D eigenvalue weighted by atomic mass is 32.2. The van der Waals surface area contributed by atoms with E-state index in [4.69, 9.17) is 4.74 Å². The van der Waals surface area contributed by atoms with Crippen molar-refractivity contribution < 1.29 is 18.3 Å². The molecule has 2 bridgehead atoms. The molecule has 1 saturated heterocycles. The number of rotatable bonds is 8. The Morgan fingerprint density at radius 2 is 1.87 bits per heavy atom. The number of nitrogens with zero attached hydrogens (tertiary/aromatic N) is 2. The summed E-state index contributed by atoms with van der Waals surface area (Å²) in [6.07, 6.45) is 4.21. The van der Waals surface area contributed by atoms with Crippen molar-refractivity contribution in [1.82, 2.24) is 9.21 Å². The molecule has 5 rings (SSSR count). The number of aliphatic hydroxyl groups excluding tert-OH is 1. The van der Waals surface area contributed by atoms with Gasteiger partial charge in [-0.05, 0) is 47.8 Å². The van der Waals surface area contributed by atoms with Crippen LogP contribution in [-0.2, 0) is 14.8 Å².